The SMILES string of the molecule is C[C@@H]1CC(=O)Nc2ccccc2N1C(=O)CN1CCC[C@H]1CO. The number of hydrogen-bond acceptors (Lipinski definition) is 4. The second kappa shape index (κ2) is 6.68. The molecule has 0 aliphatic carbocycles. The van der Waals surface area contributed by atoms with Crippen molar-refractivity contribution in [3.05, 3.63) is 24.3 Å². The van der Waals surface area contributed by atoms with Crippen LogP contribution in [0, 0.1) is 0 Å². The van der Waals surface area contributed by atoms with E-state index in [9.17, 15) is 14.7 Å². The van der Waals surface area contributed by atoms with Crippen LogP contribution in [0.5, 0.6) is 0 Å². The largest absolute Gasteiger partial charge is 0.395 e. The molecule has 2 N–H and O–H groups in total. The predicted octanol–water partition coefficient (Wildman–Crippen LogP) is 1.21. The summed E-state index contributed by atoms with van der Waals surface area (Å²) in [6.07, 6.45) is 2.21. The van der Waals surface area contributed by atoms with Crippen molar-refractivity contribution in [2.45, 2.75) is 38.3 Å². The zero-order valence-electron chi connectivity index (χ0n) is 13.4. The van der Waals surface area contributed by atoms with Crippen LogP contribution in [0.2, 0.25) is 0 Å². The number of rotatable bonds is 3. The molecular weight excluding hydrogens is 294 g/mol. The summed E-state index contributed by atoms with van der Waals surface area (Å²) in [5.41, 5.74) is 1.42. The van der Waals surface area contributed by atoms with Gasteiger partial charge in [-0.15, -0.1) is 0 Å². The molecule has 2 heterocycles. The third-order valence-corrected chi connectivity index (χ3v) is 4.68. The van der Waals surface area contributed by atoms with Crippen LogP contribution in [-0.4, -0.2) is 53.6 Å². The maximum absolute atomic E-state index is 12.9. The van der Waals surface area contributed by atoms with E-state index in [-0.39, 0.29) is 43.5 Å². The van der Waals surface area contributed by atoms with Gasteiger partial charge in [-0.05, 0) is 38.4 Å². The van der Waals surface area contributed by atoms with E-state index < -0.39 is 0 Å². The normalized spacial score (nSPS) is 25.0. The number of anilines is 2. The highest BCUT2D eigenvalue weighted by Crippen LogP contribution is 2.31. The molecular formula is C17H23N3O3. The first kappa shape index (κ1) is 16.0. The summed E-state index contributed by atoms with van der Waals surface area (Å²) in [7, 11) is 0. The van der Waals surface area contributed by atoms with Crippen molar-refractivity contribution in [1.82, 2.24) is 4.90 Å². The fourth-order valence-corrected chi connectivity index (χ4v) is 3.53. The second-order valence-corrected chi connectivity index (χ2v) is 6.33. The lowest BCUT2D eigenvalue weighted by atomic mass is 10.1. The van der Waals surface area contributed by atoms with Gasteiger partial charge in [0.25, 0.3) is 0 Å². The van der Waals surface area contributed by atoms with E-state index in [1.807, 2.05) is 36.1 Å². The average Bonchev–Trinajstić information content (AvgIpc) is 2.90. The average molecular weight is 317 g/mol. The highest BCUT2D eigenvalue weighted by Gasteiger charge is 2.32. The topological polar surface area (TPSA) is 72.9 Å². The van der Waals surface area contributed by atoms with E-state index >= 15 is 0 Å². The van der Waals surface area contributed by atoms with Gasteiger partial charge in [0.2, 0.25) is 11.8 Å². The molecule has 1 saturated heterocycles. The lowest BCUT2D eigenvalue weighted by Gasteiger charge is -2.31. The van der Waals surface area contributed by atoms with Crippen molar-refractivity contribution < 1.29 is 14.7 Å². The lowest BCUT2D eigenvalue weighted by Crippen LogP contribution is -2.46. The summed E-state index contributed by atoms with van der Waals surface area (Å²) in [4.78, 5) is 28.6. The van der Waals surface area contributed by atoms with Crippen LogP contribution in [0.1, 0.15) is 26.2 Å². The molecule has 2 atom stereocenters. The van der Waals surface area contributed by atoms with E-state index in [1.165, 1.54) is 0 Å². The molecule has 6 heteroatoms. The number of carbonyl (C=O) groups is 2. The molecule has 1 fully saturated rings. The second-order valence-electron chi connectivity index (χ2n) is 6.33. The van der Waals surface area contributed by atoms with E-state index in [0.29, 0.717) is 5.69 Å². The predicted molar refractivity (Wildman–Crippen MR) is 88.3 cm³/mol. The number of fused-ring (bicyclic) bond motifs is 1. The van der Waals surface area contributed by atoms with Gasteiger partial charge in [0.05, 0.1) is 24.5 Å². The quantitative estimate of drug-likeness (QED) is 0.879. The van der Waals surface area contributed by atoms with Crippen LogP contribution in [-0.2, 0) is 9.59 Å². The van der Waals surface area contributed by atoms with E-state index in [0.717, 1.165) is 25.1 Å². The fourth-order valence-electron chi connectivity index (χ4n) is 3.53. The molecule has 0 radical (unpaired) electrons. The van der Waals surface area contributed by atoms with E-state index in [2.05, 4.69) is 5.32 Å². The number of aliphatic hydroxyl groups is 1. The van der Waals surface area contributed by atoms with Crippen molar-refractivity contribution in [2.24, 2.45) is 0 Å². The number of benzene rings is 1. The van der Waals surface area contributed by atoms with Crippen LogP contribution < -0.4 is 10.2 Å². The van der Waals surface area contributed by atoms with Gasteiger partial charge in [-0.1, -0.05) is 12.1 Å². The number of nitrogens with one attached hydrogen (secondary N) is 1. The molecule has 6 nitrogen and oxygen atoms in total. The Morgan fingerprint density at radius 3 is 2.96 bits per heavy atom. The molecule has 0 spiro atoms. The molecule has 0 saturated carbocycles. The number of likely N-dealkylation sites (tertiary alicyclic amines) is 1. The Kier molecular flexibility index (Phi) is 4.63. The minimum Gasteiger partial charge on any atom is -0.395 e. The Bertz CT molecular complexity index is 605. The first-order valence-electron chi connectivity index (χ1n) is 8.16. The van der Waals surface area contributed by atoms with Crippen LogP contribution in [0.15, 0.2) is 24.3 Å². The van der Waals surface area contributed by atoms with Crippen LogP contribution >= 0.6 is 0 Å². The van der Waals surface area contributed by atoms with Crippen LogP contribution in [0.4, 0.5) is 11.4 Å². The van der Waals surface area contributed by atoms with Crippen molar-refractivity contribution in [1.29, 1.82) is 0 Å². The Morgan fingerprint density at radius 2 is 2.17 bits per heavy atom. The number of carbonyl (C=O) groups excluding carboxylic acids is 2. The number of amides is 2. The highest BCUT2D eigenvalue weighted by atomic mass is 16.3. The van der Waals surface area contributed by atoms with E-state index in [4.69, 9.17) is 0 Å². The van der Waals surface area contributed by atoms with Gasteiger partial charge in [0.15, 0.2) is 0 Å². The Labute approximate surface area is 136 Å². The summed E-state index contributed by atoms with van der Waals surface area (Å²) < 4.78 is 0. The minimum atomic E-state index is -0.193. The van der Waals surface area contributed by atoms with Gasteiger partial charge in [-0.3, -0.25) is 14.5 Å². The third-order valence-electron chi connectivity index (χ3n) is 4.68. The first-order valence-corrected chi connectivity index (χ1v) is 8.16. The molecule has 0 unspecified atom stereocenters. The Morgan fingerprint density at radius 1 is 1.39 bits per heavy atom. The molecule has 3 rings (SSSR count). The maximum atomic E-state index is 12.9. The summed E-state index contributed by atoms with van der Waals surface area (Å²) in [6.45, 7) is 3.09. The lowest BCUT2D eigenvalue weighted by molar-refractivity contribution is -0.120. The highest BCUT2D eigenvalue weighted by molar-refractivity contribution is 6.04. The standard InChI is InChI=1S/C17H23N3O3/c1-12-9-16(22)18-14-6-2-3-7-15(14)20(12)17(23)10-19-8-4-5-13(19)11-21/h2-3,6-7,12-13,21H,4-5,8-11H2,1H3,(H,18,22)/t12-,13+/m1/s1. The van der Waals surface area contributed by atoms with Gasteiger partial charge in [-0.2, -0.15) is 0 Å². The Hall–Kier alpha value is -1.92. The van der Waals surface area contributed by atoms with Gasteiger partial charge in [0, 0.05) is 18.5 Å². The fraction of sp³-hybridized carbons (Fsp3) is 0.529. The molecule has 1 aromatic rings. The molecule has 1 aromatic carbocycles. The zero-order chi connectivity index (χ0) is 16.4. The maximum Gasteiger partial charge on any atom is 0.241 e. The minimum absolute atomic E-state index is 0.0261. The van der Waals surface area contributed by atoms with Gasteiger partial charge >= 0.3 is 0 Å². The summed E-state index contributed by atoms with van der Waals surface area (Å²) in [5, 5.41) is 12.3. The number of para-hydroxylation sites is 2. The molecule has 124 valence electrons. The van der Waals surface area contributed by atoms with Crippen molar-refractivity contribution >= 4 is 23.2 Å². The number of hydrogen-bond donors (Lipinski definition) is 2. The zero-order valence-corrected chi connectivity index (χ0v) is 13.4. The van der Waals surface area contributed by atoms with Crippen LogP contribution in [0.3, 0.4) is 0 Å². The van der Waals surface area contributed by atoms with Gasteiger partial charge < -0.3 is 15.3 Å². The first-order chi connectivity index (χ1) is 11.1. The van der Waals surface area contributed by atoms with Crippen molar-refractivity contribution in [3.8, 4) is 0 Å². The summed E-state index contributed by atoms with van der Waals surface area (Å²) in [5.74, 6) is -0.101. The Balaban J connectivity index is 1.84. The number of aliphatic hydroxyl groups excluding tert-OH is 1. The van der Waals surface area contributed by atoms with Crippen LogP contribution in [0.25, 0.3) is 0 Å². The smallest absolute Gasteiger partial charge is 0.241 e. The molecule has 2 aliphatic rings. The van der Waals surface area contributed by atoms with E-state index in [1.54, 1.807) is 4.90 Å². The number of nitrogens with zero attached hydrogens (tertiary/aromatic N) is 2. The van der Waals surface area contributed by atoms with Crippen molar-refractivity contribution in [2.75, 3.05) is 29.9 Å². The summed E-state index contributed by atoms with van der Waals surface area (Å²) in [6, 6.07) is 7.27. The van der Waals surface area contributed by atoms with Gasteiger partial charge in [0.1, 0.15) is 0 Å². The van der Waals surface area contributed by atoms with Crippen molar-refractivity contribution in [3.63, 3.8) is 0 Å². The van der Waals surface area contributed by atoms with Gasteiger partial charge in [-0.25, -0.2) is 0 Å². The molecule has 23 heavy (non-hydrogen) atoms. The molecule has 0 aromatic heterocycles. The molecule has 2 aliphatic heterocycles. The monoisotopic (exact) mass is 317 g/mol. The third kappa shape index (κ3) is 3.23. The summed E-state index contributed by atoms with van der Waals surface area (Å²) >= 11 is 0. The molecule has 0 bridgehead atoms. The molecule has 2 amide bonds.